The molecular formula is C13H28N2O4S. The van der Waals surface area contributed by atoms with E-state index in [1.165, 1.54) is 6.42 Å². The highest BCUT2D eigenvalue weighted by molar-refractivity contribution is 7.85. The quantitative estimate of drug-likeness (QED) is 0.461. The second-order valence-corrected chi connectivity index (χ2v) is 6.45. The molecule has 2 atom stereocenters. The first kappa shape index (κ1) is 21.4. The van der Waals surface area contributed by atoms with Gasteiger partial charge in [0, 0.05) is 6.54 Å². The van der Waals surface area contributed by atoms with E-state index in [1.54, 1.807) is 6.92 Å². The van der Waals surface area contributed by atoms with E-state index in [4.69, 9.17) is 10.3 Å². The van der Waals surface area contributed by atoms with Crippen LogP contribution in [-0.4, -0.2) is 37.7 Å². The average molecular weight is 308 g/mol. The molecule has 0 aromatic rings. The largest absolute Gasteiger partial charge is 0.352 e. The van der Waals surface area contributed by atoms with Crippen LogP contribution in [0, 0.1) is 11.8 Å². The predicted molar refractivity (Wildman–Crippen MR) is 81.9 cm³/mol. The summed E-state index contributed by atoms with van der Waals surface area (Å²) in [4.78, 5) is 10.7. The maximum absolute atomic E-state index is 10.7. The van der Waals surface area contributed by atoms with E-state index >= 15 is 0 Å². The Bertz CT molecular complexity index is 365. The number of carbonyl (C=O) groups excluding carboxylic acids is 1. The van der Waals surface area contributed by atoms with Gasteiger partial charge in [-0.05, 0) is 30.9 Å². The molecule has 0 saturated heterocycles. The van der Waals surface area contributed by atoms with Crippen molar-refractivity contribution in [3.05, 3.63) is 12.7 Å². The second kappa shape index (κ2) is 11.9. The first-order chi connectivity index (χ1) is 9.16. The van der Waals surface area contributed by atoms with Crippen LogP contribution in [0.1, 0.15) is 33.6 Å². The number of nitrogens with one attached hydrogen (secondary N) is 1. The van der Waals surface area contributed by atoms with Crippen LogP contribution in [0.3, 0.4) is 0 Å². The number of hydrogen-bond acceptors (Lipinski definition) is 4. The minimum Gasteiger partial charge on any atom is -0.352 e. The molecule has 0 saturated carbocycles. The summed E-state index contributed by atoms with van der Waals surface area (Å²) in [6.07, 6.45) is 2.67. The van der Waals surface area contributed by atoms with E-state index in [0.29, 0.717) is 18.9 Å². The maximum Gasteiger partial charge on any atom is 0.264 e. The van der Waals surface area contributed by atoms with Crippen molar-refractivity contribution in [2.75, 3.05) is 18.8 Å². The van der Waals surface area contributed by atoms with Crippen LogP contribution in [0.25, 0.3) is 0 Å². The molecule has 4 N–H and O–H groups in total. The summed E-state index contributed by atoms with van der Waals surface area (Å²) in [6.45, 7) is 10.6. The Morgan fingerprint density at radius 1 is 1.40 bits per heavy atom. The SMILES string of the molecule is C=CC(=O)NCC(C)CCS(=O)(=O)O.CCC(C)CN. The number of amides is 1. The van der Waals surface area contributed by atoms with Crippen LogP contribution in [-0.2, 0) is 14.9 Å². The average Bonchev–Trinajstić information content (AvgIpc) is 2.41. The molecule has 0 heterocycles. The highest BCUT2D eigenvalue weighted by atomic mass is 32.2. The summed E-state index contributed by atoms with van der Waals surface area (Å²) < 4.78 is 29.2. The van der Waals surface area contributed by atoms with E-state index in [9.17, 15) is 13.2 Å². The molecule has 2 unspecified atom stereocenters. The molecule has 0 aromatic heterocycles. The Kier molecular flexibility index (Phi) is 12.7. The summed E-state index contributed by atoms with van der Waals surface area (Å²) in [5.74, 6) is 0.146. The standard InChI is InChI=1S/C8H15NO4S.C5H13N/c1-3-8(10)9-6-7(2)4-5-14(11,12)13;1-3-5(2)4-6/h3,7H,1,4-6H2,2H3,(H,9,10)(H,11,12,13);5H,3-4,6H2,1-2H3. The van der Waals surface area contributed by atoms with E-state index in [1.807, 2.05) is 0 Å². The van der Waals surface area contributed by atoms with Crippen LogP contribution < -0.4 is 11.1 Å². The zero-order valence-electron chi connectivity index (χ0n) is 12.6. The monoisotopic (exact) mass is 308 g/mol. The van der Waals surface area contributed by atoms with Crippen LogP contribution >= 0.6 is 0 Å². The molecule has 6 nitrogen and oxygen atoms in total. The molecule has 0 spiro atoms. The number of carbonyl (C=O) groups is 1. The highest BCUT2D eigenvalue weighted by Gasteiger charge is 2.09. The molecular weight excluding hydrogens is 280 g/mol. The van der Waals surface area contributed by atoms with Gasteiger partial charge in [-0.15, -0.1) is 0 Å². The van der Waals surface area contributed by atoms with Gasteiger partial charge in [-0.3, -0.25) is 9.35 Å². The lowest BCUT2D eigenvalue weighted by Crippen LogP contribution is -2.27. The second-order valence-electron chi connectivity index (χ2n) is 4.88. The Labute approximate surface area is 122 Å². The van der Waals surface area contributed by atoms with Crippen molar-refractivity contribution in [2.45, 2.75) is 33.6 Å². The minimum atomic E-state index is -3.90. The third-order valence-corrected chi connectivity index (χ3v) is 3.53. The third-order valence-electron chi connectivity index (χ3n) is 2.78. The lowest BCUT2D eigenvalue weighted by atomic mass is 10.1. The number of rotatable bonds is 8. The van der Waals surface area contributed by atoms with Crippen LogP contribution in [0.2, 0.25) is 0 Å². The molecule has 0 bridgehead atoms. The van der Waals surface area contributed by atoms with E-state index in [2.05, 4.69) is 25.7 Å². The molecule has 0 aliphatic heterocycles. The van der Waals surface area contributed by atoms with Crippen LogP contribution in [0.15, 0.2) is 12.7 Å². The van der Waals surface area contributed by atoms with E-state index in [0.717, 1.165) is 12.6 Å². The molecule has 0 fully saturated rings. The van der Waals surface area contributed by atoms with Gasteiger partial charge in [-0.2, -0.15) is 8.42 Å². The molecule has 0 aromatic carbocycles. The van der Waals surface area contributed by atoms with Gasteiger partial charge in [0.2, 0.25) is 5.91 Å². The van der Waals surface area contributed by atoms with Crippen LogP contribution in [0.4, 0.5) is 0 Å². The Hall–Kier alpha value is -0.920. The first-order valence-corrected chi connectivity index (χ1v) is 8.32. The molecule has 120 valence electrons. The summed E-state index contributed by atoms with van der Waals surface area (Å²) >= 11 is 0. The van der Waals surface area contributed by atoms with Crippen molar-refractivity contribution in [3.63, 3.8) is 0 Å². The maximum atomic E-state index is 10.7. The normalized spacial score (nSPS) is 13.7. The summed E-state index contributed by atoms with van der Waals surface area (Å²) in [5.41, 5.74) is 5.28. The first-order valence-electron chi connectivity index (χ1n) is 6.71. The third kappa shape index (κ3) is 17.1. The lowest BCUT2D eigenvalue weighted by Gasteiger charge is -2.10. The van der Waals surface area contributed by atoms with Gasteiger partial charge in [0.05, 0.1) is 5.75 Å². The number of nitrogens with two attached hydrogens (primary N) is 1. The Balaban J connectivity index is 0. The lowest BCUT2D eigenvalue weighted by molar-refractivity contribution is -0.116. The molecule has 7 heteroatoms. The van der Waals surface area contributed by atoms with Gasteiger partial charge in [-0.1, -0.05) is 33.8 Å². The van der Waals surface area contributed by atoms with Gasteiger partial charge in [-0.25, -0.2) is 0 Å². The van der Waals surface area contributed by atoms with Gasteiger partial charge in [0.15, 0.2) is 0 Å². The van der Waals surface area contributed by atoms with Crippen LogP contribution in [0.5, 0.6) is 0 Å². The molecule has 0 aliphatic carbocycles. The fourth-order valence-corrected chi connectivity index (χ4v) is 1.67. The van der Waals surface area contributed by atoms with E-state index in [-0.39, 0.29) is 17.6 Å². The predicted octanol–water partition coefficient (Wildman–Crippen LogP) is 1.19. The van der Waals surface area contributed by atoms with Crippen molar-refractivity contribution in [1.29, 1.82) is 0 Å². The fourth-order valence-electron chi connectivity index (χ4n) is 0.966. The Morgan fingerprint density at radius 2 is 1.95 bits per heavy atom. The minimum absolute atomic E-state index is 0.000764. The zero-order valence-corrected chi connectivity index (χ0v) is 13.4. The molecule has 0 rings (SSSR count). The summed E-state index contributed by atoms with van der Waals surface area (Å²) in [7, 11) is -3.90. The van der Waals surface area contributed by atoms with Gasteiger partial charge in [0.25, 0.3) is 10.1 Å². The topological polar surface area (TPSA) is 109 Å². The molecule has 0 aliphatic rings. The molecule has 0 radical (unpaired) electrons. The van der Waals surface area contributed by atoms with Crippen molar-refractivity contribution in [2.24, 2.45) is 17.6 Å². The smallest absolute Gasteiger partial charge is 0.264 e. The van der Waals surface area contributed by atoms with Crippen molar-refractivity contribution < 1.29 is 17.8 Å². The highest BCUT2D eigenvalue weighted by Crippen LogP contribution is 2.02. The van der Waals surface area contributed by atoms with Gasteiger partial charge in [0.1, 0.15) is 0 Å². The number of hydrogen-bond donors (Lipinski definition) is 3. The van der Waals surface area contributed by atoms with Gasteiger partial charge >= 0.3 is 0 Å². The summed E-state index contributed by atoms with van der Waals surface area (Å²) in [6, 6.07) is 0. The van der Waals surface area contributed by atoms with E-state index < -0.39 is 10.1 Å². The van der Waals surface area contributed by atoms with Crippen molar-refractivity contribution >= 4 is 16.0 Å². The molecule has 1 amide bonds. The summed E-state index contributed by atoms with van der Waals surface area (Å²) in [5, 5.41) is 2.53. The van der Waals surface area contributed by atoms with Crippen molar-refractivity contribution in [3.8, 4) is 0 Å². The fraction of sp³-hybridized carbons (Fsp3) is 0.769. The Morgan fingerprint density at radius 3 is 2.25 bits per heavy atom. The van der Waals surface area contributed by atoms with Gasteiger partial charge < -0.3 is 11.1 Å². The zero-order chi connectivity index (χ0) is 16.2. The molecule has 20 heavy (non-hydrogen) atoms. The van der Waals surface area contributed by atoms with Crippen molar-refractivity contribution in [1.82, 2.24) is 5.32 Å².